The van der Waals surface area contributed by atoms with Crippen LogP contribution < -0.4 is 4.74 Å². The summed E-state index contributed by atoms with van der Waals surface area (Å²) in [5.41, 5.74) is 2.36. The Labute approximate surface area is 161 Å². The van der Waals surface area contributed by atoms with Crippen LogP contribution in [-0.2, 0) is 0 Å². The zero-order valence-electron chi connectivity index (χ0n) is 15.0. The molecular weight excluding hydrogens is 358 g/mol. The summed E-state index contributed by atoms with van der Waals surface area (Å²) in [6.07, 6.45) is 1.38. The molecular formula is C21H17N3O4. The topological polar surface area (TPSA) is 97.3 Å². The van der Waals surface area contributed by atoms with Crippen LogP contribution in [0.2, 0.25) is 0 Å². The molecule has 0 bridgehead atoms. The Hall–Kier alpha value is -4.00. The van der Waals surface area contributed by atoms with Crippen LogP contribution in [-0.4, -0.2) is 29.1 Å². The van der Waals surface area contributed by atoms with Gasteiger partial charge >= 0.3 is 5.69 Å². The summed E-state index contributed by atoms with van der Waals surface area (Å²) in [4.78, 5) is 10.4. The SMILES string of the molecule is COc1cc(/C=N/N=C(c2ccccc2)c2ccccc2)cc([N+](=O)[O-])c1O. The maximum absolute atomic E-state index is 11.1. The third-order valence-corrected chi connectivity index (χ3v) is 3.95. The van der Waals surface area contributed by atoms with E-state index in [0.717, 1.165) is 11.1 Å². The molecule has 0 fully saturated rings. The molecule has 0 aliphatic heterocycles. The monoisotopic (exact) mass is 375 g/mol. The molecule has 0 spiro atoms. The van der Waals surface area contributed by atoms with E-state index in [1.165, 1.54) is 25.5 Å². The highest BCUT2D eigenvalue weighted by molar-refractivity contribution is 6.12. The highest BCUT2D eigenvalue weighted by Crippen LogP contribution is 2.36. The van der Waals surface area contributed by atoms with Gasteiger partial charge in [0.1, 0.15) is 5.71 Å². The zero-order chi connectivity index (χ0) is 19.9. The van der Waals surface area contributed by atoms with E-state index in [-0.39, 0.29) is 5.75 Å². The molecule has 140 valence electrons. The van der Waals surface area contributed by atoms with E-state index in [0.29, 0.717) is 11.3 Å². The lowest BCUT2D eigenvalue weighted by Gasteiger charge is -2.06. The average molecular weight is 375 g/mol. The predicted molar refractivity (Wildman–Crippen MR) is 107 cm³/mol. The van der Waals surface area contributed by atoms with Crippen LogP contribution in [0.4, 0.5) is 5.69 Å². The van der Waals surface area contributed by atoms with Crippen molar-refractivity contribution in [3.8, 4) is 11.5 Å². The van der Waals surface area contributed by atoms with E-state index < -0.39 is 16.4 Å². The first-order valence-electron chi connectivity index (χ1n) is 8.37. The van der Waals surface area contributed by atoms with Crippen molar-refractivity contribution in [3.05, 3.63) is 99.6 Å². The van der Waals surface area contributed by atoms with Gasteiger partial charge < -0.3 is 9.84 Å². The Bertz CT molecular complexity index is 991. The Balaban J connectivity index is 2.01. The molecule has 0 atom stereocenters. The van der Waals surface area contributed by atoms with Gasteiger partial charge in [0.25, 0.3) is 0 Å². The lowest BCUT2D eigenvalue weighted by molar-refractivity contribution is -0.386. The van der Waals surface area contributed by atoms with Crippen LogP contribution in [0.3, 0.4) is 0 Å². The van der Waals surface area contributed by atoms with Crippen LogP contribution in [0, 0.1) is 10.1 Å². The lowest BCUT2D eigenvalue weighted by atomic mass is 10.0. The Morgan fingerprint density at radius 1 is 1.04 bits per heavy atom. The molecule has 7 nitrogen and oxygen atoms in total. The fourth-order valence-electron chi connectivity index (χ4n) is 2.61. The number of phenols is 1. The first-order valence-corrected chi connectivity index (χ1v) is 8.37. The van der Waals surface area contributed by atoms with Crippen molar-refractivity contribution < 1.29 is 14.8 Å². The smallest absolute Gasteiger partial charge is 0.315 e. The number of nitro groups is 1. The van der Waals surface area contributed by atoms with Gasteiger partial charge in [-0.25, -0.2) is 0 Å². The third kappa shape index (κ3) is 4.21. The van der Waals surface area contributed by atoms with Crippen LogP contribution in [0.5, 0.6) is 11.5 Å². The van der Waals surface area contributed by atoms with Gasteiger partial charge in [0.05, 0.1) is 18.2 Å². The maximum atomic E-state index is 11.1. The Morgan fingerprint density at radius 2 is 1.61 bits per heavy atom. The number of nitro benzene ring substituents is 1. The van der Waals surface area contributed by atoms with Crippen molar-refractivity contribution >= 4 is 17.6 Å². The summed E-state index contributed by atoms with van der Waals surface area (Å²) in [6, 6.07) is 21.8. The molecule has 0 aromatic heterocycles. The summed E-state index contributed by atoms with van der Waals surface area (Å²) < 4.78 is 4.99. The van der Waals surface area contributed by atoms with Crippen molar-refractivity contribution in [2.75, 3.05) is 7.11 Å². The average Bonchev–Trinajstić information content (AvgIpc) is 2.73. The van der Waals surface area contributed by atoms with Crippen molar-refractivity contribution in [1.82, 2.24) is 0 Å². The number of aromatic hydroxyl groups is 1. The van der Waals surface area contributed by atoms with E-state index in [2.05, 4.69) is 10.2 Å². The van der Waals surface area contributed by atoms with Gasteiger partial charge in [0, 0.05) is 22.8 Å². The largest absolute Gasteiger partial charge is 0.500 e. The summed E-state index contributed by atoms with van der Waals surface area (Å²) in [7, 11) is 1.32. The molecule has 0 heterocycles. The van der Waals surface area contributed by atoms with Crippen molar-refractivity contribution in [1.29, 1.82) is 0 Å². The summed E-state index contributed by atoms with van der Waals surface area (Å²) >= 11 is 0. The zero-order valence-corrected chi connectivity index (χ0v) is 15.0. The molecule has 0 aliphatic rings. The second-order valence-electron chi connectivity index (χ2n) is 5.77. The molecule has 0 unspecified atom stereocenters. The molecule has 0 aliphatic carbocycles. The number of rotatable bonds is 6. The molecule has 3 aromatic carbocycles. The van der Waals surface area contributed by atoms with Crippen molar-refractivity contribution in [2.45, 2.75) is 0 Å². The maximum Gasteiger partial charge on any atom is 0.315 e. The number of phenolic OH excluding ortho intramolecular Hbond substituents is 1. The van der Waals surface area contributed by atoms with Crippen molar-refractivity contribution in [2.24, 2.45) is 10.2 Å². The molecule has 0 amide bonds. The summed E-state index contributed by atoms with van der Waals surface area (Å²) in [5, 5.41) is 29.4. The van der Waals surface area contributed by atoms with E-state index in [9.17, 15) is 15.2 Å². The van der Waals surface area contributed by atoms with Gasteiger partial charge in [0.15, 0.2) is 5.75 Å². The quantitative estimate of drug-likeness (QED) is 0.397. The normalized spacial score (nSPS) is 10.6. The van der Waals surface area contributed by atoms with E-state index >= 15 is 0 Å². The number of benzene rings is 3. The van der Waals surface area contributed by atoms with Gasteiger partial charge in [-0.1, -0.05) is 60.7 Å². The van der Waals surface area contributed by atoms with Gasteiger partial charge in [-0.15, -0.1) is 5.10 Å². The third-order valence-electron chi connectivity index (χ3n) is 3.95. The Morgan fingerprint density at radius 3 is 2.11 bits per heavy atom. The van der Waals surface area contributed by atoms with E-state index in [1.807, 2.05) is 60.7 Å². The molecule has 0 radical (unpaired) electrons. The standard InChI is InChI=1S/C21H17N3O4/c1-28-19-13-15(12-18(21(19)25)24(26)27)14-22-23-20(16-8-4-2-5-9-16)17-10-6-3-7-11-17/h2-14,25H,1H3/b22-14+. The number of hydrogen-bond donors (Lipinski definition) is 1. The van der Waals surface area contributed by atoms with Gasteiger partial charge in [-0.05, 0) is 6.07 Å². The number of methoxy groups -OCH3 is 1. The lowest BCUT2D eigenvalue weighted by Crippen LogP contribution is -2.02. The van der Waals surface area contributed by atoms with E-state index in [4.69, 9.17) is 4.74 Å². The number of ether oxygens (including phenoxy) is 1. The summed E-state index contributed by atoms with van der Waals surface area (Å²) in [5.74, 6) is -0.534. The van der Waals surface area contributed by atoms with Crippen molar-refractivity contribution in [3.63, 3.8) is 0 Å². The minimum absolute atomic E-state index is 0.00836. The molecule has 28 heavy (non-hydrogen) atoms. The van der Waals surface area contributed by atoms with Crippen LogP contribution in [0.25, 0.3) is 0 Å². The number of nitrogens with zero attached hydrogens (tertiary/aromatic N) is 3. The first kappa shape index (κ1) is 18.8. The molecule has 7 heteroatoms. The fourth-order valence-corrected chi connectivity index (χ4v) is 2.61. The molecule has 1 N–H and O–H groups in total. The minimum Gasteiger partial charge on any atom is -0.500 e. The molecule has 3 rings (SSSR count). The summed E-state index contributed by atoms with van der Waals surface area (Å²) in [6.45, 7) is 0. The van der Waals surface area contributed by atoms with Crippen LogP contribution >= 0.6 is 0 Å². The molecule has 0 saturated carbocycles. The second kappa shape index (κ2) is 8.59. The van der Waals surface area contributed by atoms with Gasteiger partial charge in [0.2, 0.25) is 5.75 Å². The van der Waals surface area contributed by atoms with E-state index in [1.54, 1.807) is 0 Å². The second-order valence-corrected chi connectivity index (χ2v) is 5.77. The van der Waals surface area contributed by atoms with Gasteiger partial charge in [-0.2, -0.15) is 5.10 Å². The Kier molecular flexibility index (Phi) is 5.76. The highest BCUT2D eigenvalue weighted by atomic mass is 16.6. The molecule has 0 saturated heterocycles. The fraction of sp³-hybridized carbons (Fsp3) is 0.0476. The number of hydrogen-bond acceptors (Lipinski definition) is 6. The first-order chi connectivity index (χ1) is 13.6. The minimum atomic E-state index is -0.683. The highest BCUT2D eigenvalue weighted by Gasteiger charge is 2.19. The van der Waals surface area contributed by atoms with Crippen LogP contribution in [0.15, 0.2) is 83.0 Å². The van der Waals surface area contributed by atoms with Crippen LogP contribution in [0.1, 0.15) is 16.7 Å². The van der Waals surface area contributed by atoms with Gasteiger partial charge in [-0.3, -0.25) is 10.1 Å². The predicted octanol–water partition coefficient (Wildman–Crippen LogP) is 4.18. The molecule has 3 aromatic rings.